The van der Waals surface area contributed by atoms with Crippen molar-refractivity contribution in [2.75, 3.05) is 30.3 Å². The van der Waals surface area contributed by atoms with Crippen LogP contribution in [0.3, 0.4) is 0 Å². The van der Waals surface area contributed by atoms with Crippen LogP contribution in [0.25, 0.3) is 10.2 Å². The van der Waals surface area contributed by atoms with Crippen molar-refractivity contribution in [1.29, 1.82) is 0 Å². The highest BCUT2D eigenvalue weighted by atomic mass is 32.2. The number of sulfone groups is 1. The highest BCUT2D eigenvalue weighted by Gasteiger charge is 2.15. The molecule has 0 aliphatic carbocycles. The van der Waals surface area contributed by atoms with Gasteiger partial charge in [0.2, 0.25) is 5.13 Å². The summed E-state index contributed by atoms with van der Waals surface area (Å²) in [4.78, 5) is 6.80. The van der Waals surface area contributed by atoms with Crippen molar-refractivity contribution in [3.05, 3.63) is 42.5 Å². The van der Waals surface area contributed by atoms with Crippen LogP contribution < -0.4 is 4.90 Å². The number of aromatic nitrogens is 1. The predicted molar refractivity (Wildman–Crippen MR) is 113 cm³/mol. The monoisotopic (exact) mass is 418 g/mol. The summed E-state index contributed by atoms with van der Waals surface area (Å²) in [5.41, 5.74) is 2.53. The van der Waals surface area contributed by atoms with E-state index in [1.807, 2.05) is 24.3 Å². The highest BCUT2D eigenvalue weighted by molar-refractivity contribution is 7.91. The summed E-state index contributed by atoms with van der Waals surface area (Å²) in [6.07, 6.45) is 0. The molecular formula is C19H22N4O3S2. The fourth-order valence-electron chi connectivity index (χ4n) is 2.79. The maximum absolute atomic E-state index is 12.1. The number of aliphatic hydroxyl groups excluding tert-OH is 1. The number of anilines is 1. The van der Waals surface area contributed by atoms with Gasteiger partial charge >= 0.3 is 0 Å². The molecule has 7 nitrogen and oxygen atoms in total. The number of thiazole rings is 1. The van der Waals surface area contributed by atoms with Crippen LogP contribution >= 0.6 is 11.3 Å². The zero-order chi connectivity index (χ0) is 20.1. The first-order valence-electron chi connectivity index (χ1n) is 8.97. The molecule has 0 amide bonds. The molecule has 0 radical (unpaired) electrons. The van der Waals surface area contributed by atoms with E-state index in [-0.39, 0.29) is 10.6 Å². The standard InChI is InChI=1S/C19H22N4O3S2/c1-3-23(4-2)15-7-5-14(6-8-15)21-22-19-20-17-10-9-16(13-18(17)27-19)28(25,26)12-11-24/h5-10,13,24H,3-4,11-12H2,1-2H3. The Hall–Kier alpha value is -2.36. The van der Waals surface area contributed by atoms with E-state index in [1.165, 1.54) is 17.4 Å². The molecule has 0 saturated heterocycles. The van der Waals surface area contributed by atoms with E-state index in [1.54, 1.807) is 12.1 Å². The van der Waals surface area contributed by atoms with Gasteiger partial charge in [-0.15, -0.1) is 10.2 Å². The van der Waals surface area contributed by atoms with Gasteiger partial charge in [0.15, 0.2) is 9.84 Å². The number of nitrogens with zero attached hydrogens (tertiary/aromatic N) is 4. The van der Waals surface area contributed by atoms with Crippen molar-refractivity contribution in [3.63, 3.8) is 0 Å². The quantitative estimate of drug-likeness (QED) is 0.550. The van der Waals surface area contributed by atoms with Crippen molar-refractivity contribution in [2.24, 2.45) is 10.2 Å². The molecule has 28 heavy (non-hydrogen) atoms. The average Bonchev–Trinajstić information content (AvgIpc) is 3.10. The molecule has 1 heterocycles. The Morgan fingerprint density at radius 2 is 1.79 bits per heavy atom. The van der Waals surface area contributed by atoms with E-state index < -0.39 is 16.4 Å². The zero-order valence-corrected chi connectivity index (χ0v) is 17.4. The van der Waals surface area contributed by atoms with Crippen molar-refractivity contribution in [1.82, 2.24) is 4.98 Å². The van der Waals surface area contributed by atoms with E-state index in [4.69, 9.17) is 5.11 Å². The Balaban J connectivity index is 1.80. The molecule has 2 aromatic carbocycles. The number of fused-ring (bicyclic) bond motifs is 1. The van der Waals surface area contributed by atoms with Crippen LogP contribution in [0.2, 0.25) is 0 Å². The summed E-state index contributed by atoms with van der Waals surface area (Å²) in [6.45, 7) is 5.71. The lowest BCUT2D eigenvalue weighted by molar-refractivity contribution is 0.319. The first-order valence-corrected chi connectivity index (χ1v) is 11.4. The van der Waals surface area contributed by atoms with Crippen LogP contribution in [-0.4, -0.2) is 44.0 Å². The lowest BCUT2D eigenvalue weighted by Gasteiger charge is -2.20. The third-order valence-electron chi connectivity index (χ3n) is 4.30. The topological polar surface area (TPSA) is 95.2 Å². The van der Waals surface area contributed by atoms with Crippen molar-refractivity contribution < 1.29 is 13.5 Å². The third-order valence-corrected chi connectivity index (χ3v) is 6.89. The summed E-state index contributed by atoms with van der Waals surface area (Å²) in [5, 5.41) is 17.8. The number of hydrogen-bond acceptors (Lipinski definition) is 8. The van der Waals surface area contributed by atoms with E-state index >= 15 is 0 Å². The minimum atomic E-state index is -3.49. The molecule has 0 unspecified atom stereocenters. The second-order valence-corrected chi connectivity index (χ2v) is 9.18. The molecule has 9 heteroatoms. The van der Waals surface area contributed by atoms with E-state index in [9.17, 15) is 8.42 Å². The maximum atomic E-state index is 12.1. The predicted octanol–water partition coefficient (Wildman–Crippen LogP) is 4.32. The molecule has 1 N–H and O–H groups in total. The van der Waals surface area contributed by atoms with Crippen molar-refractivity contribution >= 4 is 47.9 Å². The normalized spacial score (nSPS) is 12.1. The van der Waals surface area contributed by atoms with Gasteiger partial charge in [-0.25, -0.2) is 13.4 Å². The summed E-state index contributed by atoms with van der Waals surface area (Å²) in [7, 11) is -3.49. The molecule has 0 fully saturated rings. The van der Waals surface area contributed by atoms with Gasteiger partial charge in [-0.1, -0.05) is 11.3 Å². The van der Waals surface area contributed by atoms with Crippen LogP contribution in [-0.2, 0) is 9.84 Å². The Morgan fingerprint density at radius 3 is 2.43 bits per heavy atom. The molecule has 148 valence electrons. The van der Waals surface area contributed by atoms with Gasteiger partial charge in [-0.2, -0.15) is 0 Å². The number of benzene rings is 2. The van der Waals surface area contributed by atoms with Crippen LogP contribution in [0, 0.1) is 0 Å². The molecule has 0 aliphatic heterocycles. The van der Waals surface area contributed by atoms with Gasteiger partial charge in [0.1, 0.15) is 0 Å². The average molecular weight is 419 g/mol. The molecule has 0 atom stereocenters. The van der Waals surface area contributed by atoms with Crippen molar-refractivity contribution in [3.8, 4) is 0 Å². The van der Waals surface area contributed by atoms with Crippen LogP contribution in [0.5, 0.6) is 0 Å². The second kappa shape index (κ2) is 8.76. The minimum absolute atomic E-state index is 0.174. The summed E-state index contributed by atoms with van der Waals surface area (Å²) >= 11 is 1.27. The summed E-state index contributed by atoms with van der Waals surface area (Å²) in [6, 6.07) is 12.5. The van der Waals surface area contributed by atoms with E-state index in [0.717, 1.165) is 24.5 Å². The molecule has 1 aromatic heterocycles. The Kier molecular flexibility index (Phi) is 6.38. The Labute approximate surface area is 168 Å². The van der Waals surface area contributed by atoms with E-state index in [2.05, 4.69) is 34.0 Å². The lowest BCUT2D eigenvalue weighted by Crippen LogP contribution is -2.21. The highest BCUT2D eigenvalue weighted by Crippen LogP contribution is 2.31. The van der Waals surface area contributed by atoms with Gasteiger partial charge < -0.3 is 10.0 Å². The Bertz CT molecular complexity index is 1070. The molecule has 0 aliphatic rings. The first-order chi connectivity index (χ1) is 13.5. The fourth-order valence-corrected chi connectivity index (χ4v) is 4.74. The lowest BCUT2D eigenvalue weighted by atomic mass is 10.2. The van der Waals surface area contributed by atoms with Gasteiger partial charge in [-0.05, 0) is 56.3 Å². The number of hydrogen-bond donors (Lipinski definition) is 1. The number of rotatable bonds is 8. The van der Waals surface area contributed by atoms with Crippen LogP contribution in [0.15, 0.2) is 57.6 Å². The summed E-state index contributed by atoms with van der Waals surface area (Å²) < 4.78 is 24.9. The number of aliphatic hydroxyl groups is 1. The number of azo groups is 1. The van der Waals surface area contributed by atoms with Crippen molar-refractivity contribution in [2.45, 2.75) is 18.7 Å². The van der Waals surface area contributed by atoms with Gasteiger partial charge in [0.25, 0.3) is 0 Å². The molecule has 3 rings (SSSR count). The minimum Gasteiger partial charge on any atom is -0.395 e. The molecule has 0 spiro atoms. The fraction of sp³-hybridized carbons (Fsp3) is 0.316. The second-order valence-electron chi connectivity index (χ2n) is 6.06. The smallest absolute Gasteiger partial charge is 0.231 e. The van der Waals surface area contributed by atoms with Gasteiger partial charge in [0, 0.05) is 18.8 Å². The first kappa shape index (κ1) is 20.4. The molecular weight excluding hydrogens is 396 g/mol. The van der Waals surface area contributed by atoms with Crippen LogP contribution in [0.4, 0.5) is 16.5 Å². The molecule has 0 saturated carbocycles. The molecule has 0 bridgehead atoms. The van der Waals surface area contributed by atoms with Gasteiger partial charge in [-0.3, -0.25) is 0 Å². The van der Waals surface area contributed by atoms with Crippen LogP contribution in [0.1, 0.15) is 13.8 Å². The van der Waals surface area contributed by atoms with Gasteiger partial charge in [0.05, 0.1) is 33.2 Å². The van der Waals surface area contributed by atoms with E-state index in [0.29, 0.717) is 15.3 Å². The third kappa shape index (κ3) is 4.54. The SMILES string of the molecule is CCN(CC)c1ccc(N=Nc2nc3ccc(S(=O)(=O)CCO)cc3s2)cc1. The summed E-state index contributed by atoms with van der Waals surface area (Å²) in [5.74, 6) is -0.298. The maximum Gasteiger partial charge on any atom is 0.231 e. The zero-order valence-electron chi connectivity index (χ0n) is 15.7. The largest absolute Gasteiger partial charge is 0.395 e. The Morgan fingerprint density at radius 1 is 1.07 bits per heavy atom. The molecule has 3 aromatic rings.